The van der Waals surface area contributed by atoms with Crippen LogP contribution in [0.15, 0.2) is 95.1 Å². The molecule has 2 aliphatic carbocycles. The molecular formula is C40H48N6S2. The molecule has 2 heterocycles. The molecule has 3 aromatic rings. The van der Waals surface area contributed by atoms with Crippen molar-refractivity contribution in [2.75, 3.05) is 0 Å². The van der Waals surface area contributed by atoms with E-state index in [1.165, 1.54) is 88.2 Å². The molecule has 250 valence electrons. The SMILES string of the molecule is S=C(NC1CCCCCC1)N1N=C(c2ccccc2)CC1c1ccc(C2CC(c3ccccc3)=NN2C(=S)NC2CCCCCC2)cc1. The highest BCUT2D eigenvalue weighted by atomic mass is 32.1. The lowest BCUT2D eigenvalue weighted by atomic mass is 9.94. The summed E-state index contributed by atoms with van der Waals surface area (Å²) in [5, 5.41) is 23.3. The van der Waals surface area contributed by atoms with Gasteiger partial charge in [0.05, 0.1) is 23.5 Å². The van der Waals surface area contributed by atoms with Crippen molar-refractivity contribution >= 4 is 46.1 Å². The predicted molar refractivity (Wildman–Crippen MR) is 205 cm³/mol. The summed E-state index contributed by atoms with van der Waals surface area (Å²) in [4.78, 5) is 0. The van der Waals surface area contributed by atoms with Gasteiger partial charge in [-0.2, -0.15) is 10.2 Å². The lowest BCUT2D eigenvalue weighted by Crippen LogP contribution is -2.42. The van der Waals surface area contributed by atoms with Crippen LogP contribution in [0.25, 0.3) is 0 Å². The van der Waals surface area contributed by atoms with E-state index in [9.17, 15) is 0 Å². The largest absolute Gasteiger partial charge is 0.358 e. The molecule has 2 unspecified atom stereocenters. The monoisotopic (exact) mass is 676 g/mol. The van der Waals surface area contributed by atoms with Crippen LogP contribution in [-0.2, 0) is 0 Å². The van der Waals surface area contributed by atoms with E-state index < -0.39 is 0 Å². The second kappa shape index (κ2) is 15.7. The van der Waals surface area contributed by atoms with Gasteiger partial charge in [0.1, 0.15) is 0 Å². The van der Waals surface area contributed by atoms with E-state index in [1.807, 2.05) is 0 Å². The summed E-state index contributed by atoms with van der Waals surface area (Å²) in [7, 11) is 0. The molecule has 2 fully saturated rings. The molecule has 0 aromatic heterocycles. The van der Waals surface area contributed by atoms with Crippen molar-refractivity contribution in [3.63, 3.8) is 0 Å². The van der Waals surface area contributed by atoms with Crippen molar-refractivity contribution in [1.82, 2.24) is 20.7 Å². The van der Waals surface area contributed by atoms with E-state index in [0.29, 0.717) is 12.1 Å². The number of hydrogen-bond acceptors (Lipinski definition) is 4. The number of nitrogens with zero attached hydrogens (tertiary/aromatic N) is 4. The first-order valence-electron chi connectivity index (χ1n) is 18.2. The van der Waals surface area contributed by atoms with E-state index in [1.54, 1.807) is 0 Å². The Morgan fingerprint density at radius 2 is 0.854 bits per heavy atom. The van der Waals surface area contributed by atoms with Crippen molar-refractivity contribution in [3.8, 4) is 0 Å². The fraction of sp³-hybridized carbons (Fsp3) is 0.450. The Bertz CT molecular complexity index is 1470. The molecule has 2 N–H and O–H groups in total. The molecule has 6 nitrogen and oxygen atoms in total. The summed E-state index contributed by atoms with van der Waals surface area (Å²) in [5.74, 6) is 0. The van der Waals surface area contributed by atoms with Crippen LogP contribution in [0.2, 0.25) is 0 Å². The average molecular weight is 677 g/mol. The molecule has 2 aliphatic heterocycles. The Balaban J connectivity index is 1.12. The lowest BCUT2D eigenvalue weighted by Gasteiger charge is -2.29. The van der Waals surface area contributed by atoms with Crippen molar-refractivity contribution < 1.29 is 0 Å². The first kappa shape index (κ1) is 32.9. The van der Waals surface area contributed by atoms with Crippen LogP contribution in [0.4, 0.5) is 0 Å². The lowest BCUT2D eigenvalue weighted by molar-refractivity contribution is 0.350. The first-order valence-corrected chi connectivity index (χ1v) is 19.0. The van der Waals surface area contributed by atoms with Crippen molar-refractivity contribution in [2.24, 2.45) is 10.2 Å². The Labute approximate surface area is 297 Å². The van der Waals surface area contributed by atoms with Gasteiger partial charge in [0, 0.05) is 24.9 Å². The van der Waals surface area contributed by atoms with Crippen molar-refractivity contribution in [2.45, 2.75) is 114 Å². The topological polar surface area (TPSA) is 55.3 Å². The maximum atomic E-state index is 6.08. The van der Waals surface area contributed by atoms with E-state index in [0.717, 1.165) is 45.6 Å². The smallest absolute Gasteiger partial charge is 0.190 e. The zero-order chi connectivity index (χ0) is 32.7. The Morgan fingerprint density at radius 1 is 0.500 bits per heavy atom. The van der Waals surface area contributed by atoms with Gasteiger partial charge < -0.3 is 10.6 Å². The van der Waals surface area contributed by atoms with E-state index in [2.05, 4.69) is 106 Å². The molecule has 0 saturated heterocycles. The van der Waals surface area contributed by atoms with E-state index >= 15 is 0 Å². The summed E-state index contributed by atoms with van der Waals surface area (Å²) in [6, 6.07) is 31.0. The number of benzene rings is 3. The quantitative estimate of drug-likeness (QED) is 0.201. The molecule has 2 saturated carbocycles. The number of hydrazone groups is 2. The molecule has 0 radical (unpaired) electrons. The molecule has 0 bridgehead atoms. The van der Waals surface area contributed by atoms with Crippen LogP contribution in [-0.4, -0.2) is 43.7 Å². The first-order chi connectivity index (χ1) is 23.6. The third-order valence-corrected chi connectivity index (χ3v) is 11.1. The molecule has 0 spiro atoms. The molecule has 7 rings (SSSR count). The molecule has 48 heavy (non-hydrogen) atoms. The summed E-state index contributed by atoms with van der Waals surface area (Å²) < 4.78 is 0. The minimum atomic E-state index is 0.0359. The van der Waals surface area contributed by atoms with Gasteiger partial charge in [-0.25, -0.2) is 10.0 Å². The van der Waals surface area contributed by atoms with Gasteiger partial charge in [0.2, 0.25) is 0 Å². The summed E-state index contributed by atoms with van der Waals surface area (Å²) in [6.07, 6.45) is 16.6. The summed E-state index contributed by atoms with van der Waals surface area (Å²) >= 11 is 12.2. The number of thiocarbonyl (C=S) groups is 2. The Morgan fingerprint density at radius 3 is 1.21 bits per heavy atom. The minimum absolute atomic E-state index is 0.0359. The summed E-state index contributed by atoms with van der Waals surface area (Å²) in [5.41, 5.74) is 6.89. The van der Waals surface area contributed by atoms with Crippen molar-refractivity contribution in [1.29, 1.82) is 0 Å². The van der Waals surface area contributed by atoms with Gasteiger partial charge in [-0.05, 0) is 72.4 Å². The van der Waals surface area contributed by atoms with Gasteiger partial charge in [0.25, 0.3) is 0 Å². The van der Waals surface area contributed by atoms with Gasteiger partial charge in [-0.3, -0.25) is 0 Å². The highest BCUT2D eigenvalue weighted by Crippen LogP contribution is 2.37. The Hall–Kier alpha value is -3.62. The highest BCUT2D eigenvalue weighted by Gasteiger charge is 2.35. The maximum absolute atomic E-state index is 6.08. The van der Waals surface area contributed by atoms with Crippen LogP contribution >= 0.6 is 24.4 Å². The zero-order valence-corrected chi connectivity index (χ0v) is 29.5. The molecular weight excluding hydrogens is 629 g/mol. The van der Waals surface area contributed by atoms with E-state index in [-0.39, 0.29) is 12.1 Å². The number of rotatable bonds is 6. The van der Waals surface area contributed by atoms with Crippen molar-refractivity contribution in [3.05, 3.63) is 107 Å². The zero-order valence-electron chi connectivity index (χ0n) is 27.9. The number of nitrogens with one attached hydrogen (secondary N) is 2. The molecule has 4 aliphatic rings. The predicted octanol–water partition coefficient (Wildman–Crippen LogP) is 9.18. The third kappa shape index (κ3) is 7.81. The van der Waals surface area contributed by atoms with Gasteiger partial charge in [0.15, 0.2) is 10.2 Å². The summed E-state index contributed by atoms with van der Waals surface area (Å²) in [6.45, 7) is 0. The van der Waals surface area contributed by atoms with Gasteiger partial charge in [-0.1, -0.05) is 136 Å². The third-order valence-electron chi connectivity index (χ3n) is 10.5. The van der Waals surface area contributed by atoms with E-state index in [4.69, 9.17) is 34.6 Å². The van der Waals surface area contributed by atoms with Crippen LogP contribution in [0.5, 0.6) is 0 Å². The second-order valence-electron chi connectivity index (χ2n) is 13.9. The second-order valence-corrected chi connectivity index (χ2v) is 14.7. The standard InChI is InChI=1S/C40H48N6S2/c47-39(41-33-19-11-1-2-12-20-33)45-37(27-35(43-45)29-15-7-5-8-16-29)31-23-25-32(26-24-31)38-28-36(30-17-9-6-10-18-30)44-46(38)40(48)42-34-21-13-3-4-14-22-34/h5-10,15-18,23-26,33-34,37-38H,1-4,11-14,19-22,27-28H2,(H,41,47)(H,42,48). The minimum Gasteiger partial charge on any atom is -0.358 e. The van der Waals surface area contributed by atoms with Crippen LogP contribution < -0.4 is 10.6 Å². The fourth-order valence-corrected chi connectivity index (χ4v) is 8.46. The Kier molecular flexibility index (Phi) is 10.8. The van der Waals surface area contributed by atoms with Crippen LogP contribution in [0.1, 0.15) is 124 Å². The highest BCUT2D eigenvalue weighted by molar-refractivity contribution is 7.80. The van der Waals surface area contributed by atoms with Crippen LogP contribution in [0.3, 0.4) is 0 Å². The molecule has 0 amide bonds. The van der Waals surface area contributed by atoms with Gasteiger partial charge in [-0.15, -0.1) is 0 Å². The van der Waals surface area contributed by atoms with Gasteiger partial charge >= 0.3 is 0 Å². The molecule has 8 heteroatoms. The fourth-order valence-electron chi connectivity index (χ4n) is 7.79. The molecule has 3 aromatic carbocycles. The average Bonchev–Trinajstić information content (AvgIpc) is 3.59. The van der Waals surface area contributed by atoms with Crippen LogP contribution in [0, 0.1) is 0 Å². The molecule has 2 atom stereocenters. The number of hydrogen-bond donors (Lipinski definition) is 2. The maximum Gasteiger partial charge on any atom is 0.190 e. The normalized spacial score (nSPS) is 22.4.